The quantitative estimate of drug-likeness (QED) is 0.660. The second kappa shape index (κ2) is 6.46. The van der Waals surface area contributed by atoms with Crippen molar-refractivity contribution in [3.05, 3.63) is 34.6 Å². The van der Waals surface area contributed by atoms with Gasteiger partial charge in [-0.3, -0.25) is 0 Å². The standard InChI is InChI=1S/C21H30N2O.BrH/c1-13-17-9-8-10-23(17)19(22-13)14-11-15(20(2,3)4)18(24)16(12-14)21(5,6)7;/h11-12,24H,8-10H2,1-7H3;1H. The molecule has 1 aromatic carbocycles. The number of hydrogen-bond donors (Lipinski definition) is 1. The topological polar surface area (TPSA) is 38.1 Å². The molecule has 1 aliphatic rings. The Balaban J connectivity index is 0.00000225. The molecule has 0 unspecified atom stereocenters. The summed E-state index contributed by atoms with van der Waals surface area (Å²) in [5, 5.41) is 10.9. The van der Waals surface area contributed by atoms with Crippen LogP contribution in [0.25, 0.3) is 11.4 Å². The van der Waals surface area contributed by atoms with E-state index in [1.54, 1.807) is 0 Å². The molecule has 0 atom stereocenters. The molecule has 0 radical (unpaired) electrons. The molecule has 0 saturated carbocycles. The number of aromatic nitrogens is 2. The van der Waals surface area contributed by atoms with Crippen LogP contribution in [0.1, 0.15) is 70.5 Å². The van der Waals surface area contributed by atoms with Gasteiger partial charge in [-0.1, -0.05) is 41.5 Å². The zero-order chi connectivity index (χ0) is 17.9. The highest BCUT2D eigenvalue weighted by molar-refractivity contribution is 8.93. The van der Waals surface area contributed by atoms with Crippen molar-refractivity contribution in [3.63, 3.8) is 0 Å². The van der Waals surface area contributed by atoms with E-state index in [4.69, 9.17) is 4.98 Å². The summed E-state index contributed by atoms with van der Waals surface area (Å²) in [6.45, 7) is 16.1. The van der Waals surface area contributed by atoms with Gasteiger partial charge in [0.15, 0.2) is 0 Å². The van der Waals surface area contributed by atoms with Gasteiger partial charge in [-0.2, -0.15) is 0 Å². The molecule has 138 valence electrons. The van der Waals surface area contributed by atoms with Crippen LogP contribution in [-0.4, -0.2) is 14.7 Å². The van der Waals surface area contributed by atoms with E-state index in [9.17, 15) is 5.11 Å². The minimum Gasteiger partial charge on any atom is -0.507 e. The average Bonchev–Trinajstić information content (AvgIpc) is 3.01. The Morgan fingerprint density at radius 3 is 2.00 bits per heavy atom. The Morgan fingerprint density at radius 2 is 1.52 bits per heavy atom. The molecule has 2 heterocycles. The van der Waals surface area contributed by atoms with E-state index >= 15 is 0 Å². The summed E-state index contributed by atoms with van der Waals surface area (Å²) in [6.07, 6.45) is 2.32. The Bertz CT molecular complexity index is 756. The van der Waals surface area contributed by atoms with Crippen LogP contribution in [0.4, 0.5) is 0 Å². The molecule has 0 amide bonds. The van der Waals surface area contributed by atoms with Crippen LogP contribution in [0, 0.1) is 6.92 Å². The van der Waals surface area contributed by atoms with Crippen molar-refractivity contribution in [2.75, 3.05) is 0 Å². The monoisotopic (exact) mass is 406 g/mol. The van der Waals surface area contributed by atoms with Crippen LogP contribution < -0.4 is 0 Å². The number of nitrogens with zero attached hydrogens (tertiary/aromatic N) is 2. The number of phenolic OH excluding ortho intramolecular Hbond substituents is 1. The molecule has 0 spiro atoms. The molecule has 3 nitrogen and oxygen atoms in total. The van der Waals surface area contributed by atoms with Crippen molar-refractivity contribution >= 4 is 17.0 Å². The Kier molecular flexibility index (Phi) is 5.17. The van der Waals surface area contributed by atoms with Crippen LogP contribution >= 0.6 is 17.0 Å². The summed E-state index contributed by atoms with van der Waals surface area (Å²) in [4.78, 5) is 4.86. The van der Waals surface area contributed by atoms with Crippen molar-refractivity contribution < 1.29 is 5.11 Å². The van der Waals surface area contributed by atoms with Gasteiger partial charge < -0.3 is 9.67 Å². The molecule has 25 heavy (non-hydrogen) atoms. The van der Waals surface area contributed by atoms with Gasteiger partial charge in [0.05, 0.1) is 5.69 Å². The lowest BCUT2D eigenvalue weighted by Gasteiger charge is -2.28. The predicted octanol–water partition coefficient (Wildman–Crippen LogP) is 5.68. The Hall–Kier alpha value is -1.29. The first-order valence-electron chi connectivity index (χ1n) is 8.94. The van der Waals surface area contributed by atoms with Gasteiger partial charge in [0.1, 0.15) is 11.6 Å². The van der Waals surface area contributed by atoms with Crippen LogP contribution in [0.2, 0.25) is 0 Å². The lowest BCUT2D eigenvalue weighted by atomic mass is 9.78. The summed E-state index contributed by atoms with van der Waals surface area (Å²) in [7, 11) is 0. The van der Waals surface area contributed by atoms with Crippen LogP contribution in [0.15, 0.2) is 12.1 Å². The summed E-state index contributed by atoms with van der Waals surface area (Å²) in [5.74, 6) is 1.49. The van der Waals surface area contributed by atoms with Gasteiger partial charge in [0, 0.05) is 28.9 Å². The van der Waals surface area contributed by atoms with Crippen molar-refractivity contribution in [1.29, 1.82) is 0 Å². The van der Waals surface area contributed by atoms with Crippen LogP contribution in [0.5, 0.6) is 5.75 Å². The van der Waals surface area contributed by atoms with Crippen molar-refractivity contribution in [2.45, 2.75) is 78.7 Å². The number of rotatable bonds is 1. The number of phenols is 1. The average molecular weight is 407 g/mol. The van der Waals surface area contributed by atoms with Gasteiger partial charge >= 0.3 is 0 Å². The Morgan fingerprint density at radius 1 is 1.00 bits per heavy atom. The number of fused-ring (bicyclic) bond motifs is 1. The first-order chi connectivity index (χ1) is 11.0. The van der Waals surface area contributed by atoms with Gasteiger partial charge in [-0.15, -0.1) is 17.0 Å². The van der Waals surface area contributed by atoms with E-state index in [0.717, 1.165) is 41.2 Å². The highest BCUT2D eigenvalue weighted by Gasteiger charge is 2.28. The molecule has 4 heteroatoms. The second-order valence-electron chi connectivity index (χ2n) is 9.14. The van der Waals surface area contributed by atoms with E-state index in [0.29, 0.717) is 5.75 Å². The second-order valence-corrected chi connectivity index (χ2v) is 9.14. The molecule has 1 aliphatic heterocycles. The molecular formula is C21H31BrN2O. The third kappa shape index (κ3) is 3.51. The SMILES string of the molecule is Br.Cc1nc(-c2cc(C(C)(C)C)c(O)c(C(C)(C)C)c2)n2c1CCC2. The zero-order valence-corrected chi connectivity index (χ0v) is 18.2. The highest BCUT2D eigenvalue weighted by Crippen LogP contribution is 2.42. The summed E-state index contributed by atoms with van der Waals surface area (Å²) in [5.41, 5.74) is 5.40. The van der Waals surface area contributed by atoms with E-state index in [2.05, 4.69) is 65.2 Å². The summed E-state index contributed by atoms with van der Waals surface area (Å²) in [6, 6.07) is 4.27. The molecule has 0 aliphatic carbocycles. The van der Waals surface area contributed by atoms with Crippen LogP contribution in [0.3, 0.4) is 0 Å². The van der Waals surface area contributed by atoms with E-state index in [-0.39, 0.29) is 27.8 Å². The number of benzene rings is 1. The van der Waals surface area contributed by atoms with E-state index < -0.39 is 0 Å². The third-order valence-electron chi connectivity index (χ3n) is 5.05. The third-order valence-corrected chi connectivity index (χ3v) is 5.05. The lowest BCUT2D eigenvalue weighted by molar-refractivity contribution is 0.423. The maximum Gasteiger partial charge on any atom is 0.140 e. The molecular weight excluding hydrogens is 376 g/mol. The van der Waals surface area contributed by atoms with Gasteiger partial charge in [-0.05, 0) is 42.7 Å². The van der Waals surface area contributed by atoms with Gasteiger partial charge in [0.25, 0.3) is 0 Å². The largest absolute Gasteiger partial charge is 0.507 e. The minimum absolute atomic E-state index is 0. The molecule has 2 aromatic rings. The number of halogens is 1. The summed E-state index contributed by atoms with van der Waals surface area (Å²) < 4.78 is 2.36. The molecule has 1 aromatic heterocycles. The molecule has 0 saturated heterocycles. The number of hydrogen-bond acceptors (Lipinski definition) is 2. The van der Waals surface area contributed by atoms with Crippen molar-refractivity contribution in [2.24, 2.45) is 0 Å². The zero-order valence-electron chi connectivity index (χ0n) is 16.5. The first-order valence-corrected chi connectivity index (χ1v) is 8.94. The maximum atomic E-state index is 10.9. The fraction of sp³-hybridized carbons (Fsp3) is 0.571. The first kappa shape index (κ1) is 20.0. The van der Waals surface area contributed by atoms with E-state index in [1.165, 1.54) is 12.1 Å². The minimum atomic E-state index is -0.116. The summed E-state index contributed by atoms with van der Waals surface area (Å²) >= 11 is 0. The maximum absolute atomic E-state index is 10.9. The number of aryl methyl sites for hydroxylation is 1. The fourth-order valence-electron chi connectivity index (χ4n) is 3.70. The van der Waals surface area contributed by atoms with Crippen LogP contribution in [-0.2, 0) is 23.8 Å². The number of aromatic hydroxyl groups is 1. The molecule has 3 rings (SSSR count). The molecule has 0 fully saturated rings. The van der Waals surface area contributed by atoms with E-state index in [1.807, 2.05) is 0 Å². The normalized spacial score (nSPS) is 14.4. The fourth-order valence-corrected chi connectivity index (χ4v) is 3.70. The van der Waals surface area contributed by atoms with Crippen molar-refractivity contribution in [3.8, 4) is 17.1 Å². The lowest BCUT2D eigenvalue weighted by Crippen LogP contribution is -2.17. The van der Waals surface area contributed by atoms with Gasteiger partial charge in [0.2, 0.25) is 0 Å². The van der Waals surface area contributed by atoms with Gasteiger partial charge in [-0.25, -0.2) is 4.98 Å². The smallest absolute Gasteiger partial charge is 0.140 e. The molecule has 1 N–H and O–H groups in total. The molecule has 0 bridgehead atoms. The van der Waals surface area contributed by atoms with Crippen molar-refractivity contribution in [1.82, 2.24) is 9.55 Å². The predicted molar refractivity (Wildman–Crippen MR) is 110 cm³/mol. The highest BCUT2D eigenvalue weighted by atomic mass is 79.9. The number of imidazole rings is 1. The Labute approximate surface area is 162 Å².